The van der Waals surface area contributed by atoms with E-state index in [0.717, 1.165) is 21.9 Å². The molecule has 3 amide bonds. The zero-order valence-corrected chi connectivity index (χ0v) is 21.1. The molecule has 2 aromatic carbocycles. The molecule has 0 radical (unpaired) electrons. The van der Waals surface area contributed by atoms with E-state index in [1.807, 2.05) is 6.07 Å². The van der Waals surface area contributed by atoms with Crippen LogP contribution >= 0.6 is 0 Å². The molecule has 1 atom stereocenters. The van der Waals surface area contributed by atoms with Crippen LogP contribution in [0.25, 0.3) is 0 Å². The van der Waals surface area contributed by atoms with Crippen LogP contribution in [0.15, 0.2) is 54.7 Å². The lowest BCUT2D eigenvalue weighted by Gasteiger charge is -2.47. The van der Waals surface area contributed by atoms with E-state index in [0.29, 0.717) is 23.5 Å². The first-order valence-corrected chi connectivity index (χ1v) is 11.8. The molecule has 1 aliphatic rings. The van der Waals surface area contributed by atoms with Gasteiger partial charge in [-0.15, -0.1) is 0 Å². The third kappa shape index (κ3) is 5.09. The second kappa shape index (κ2) is 10.8. The minimum absolute atomic E-state index is 0.00613. The van der Waals surface area contributed by atoms with E-state index in [1.54, 1.807) is 37.3 Å². The number of halogens is 2. The second-order valence-electron chi connectivity index (χ2n) is 8.96. The van der Waals surface area contributed by atoms with Gasteiger partial charge in [-0.25, -0.2) is 23.5 Å². The molecule has 0 aliphatic carbocycles. The summed E-state index contributed by atoms with van der Waals surface area (Å²) in [6.45, 7) is 3.20. The van der Waals surface area contributed by atoms with E-state index < -0.39 is 34.8 Å². The number of benzene rings is 2. The lowest BCUT2D eigenvalue weighted by Crippen LogP contribution is -2.68. The first-order chi connectivity index (χ1) is 18.2. The van der Waals surface area contributed by atoms with Crippen LogP contribution in [0.1, 0.15) is 30.3 Å². The Morgan fingerprint density at radius 3 is 2.39 bits per heavy atom. The van der Waals surface area contributed by atoms with Crippen molar-refractivity contribution in [1.82, 2.24) is 14.9 Å². The highest BCUT2D eigenvalue weighted by atomic mass is 19.1. The fourth-order valence-corrected chi connectivity index (χ4v) is 4.33. The van der Waals surface area contributed by atoms with Crippen LogP contribution in [0.4, 0.5) is 25.1 Å². The fraction of sp³-hybridized carbons (Fsp3) is 0.250. The van der Waals surface area contributed by atoms with Crippen molar-refractivity contribution in [2.45, 2.75) is 25.8 Å². The third-order valence-corrected chi connectivity index (χ3v) is 6.36. The van der Waals surface area contributed by atoms with Gasteiger partial charge in [-0.3, -0.25) is 14.6 Å². The average molecular weight is 518 g/mol. The maximum absolute atomic E-state index is 15.1. The minimum atomic E-state index is -1.60. The Kier molecular flexibility index (Phi) is 7.48. The summed E-state index contributed by atoms with van der Waals surface area (Å²) in [6, 6.07) is 11.8. The van der Waals surface area contributed by atoms with E-state index in [1.165, 1.54) is 25.1 Å². The maximum Gasteiger partial charge on any atom is 0.325 e. The van der Waals surface area contributed by atoms with Crippen molar-refractivity contribution in [3.8, 4) is 11.8 Å². The summed E-state index contributed by atoms with van der Waals surface area (Å²) in [5.74, 6) is 3.82. The number of hydrogen-bond donors (Lipinski definition) is 0. The van der Waals surface area contributed by atoms with E-state index in [-0.39, 0.29) is 25.1 Å². The number of urea groups is 1. The van der Waals surface area contributed by atoms with Gasteiger partial charge in [-0.05, 0) is 44.2 Å². The summed E-state index contributed by atoms with van der Waals surface area (Å²) >= 11 is 0. The number of aromatic nitrogens is 2. The summed E-state index contributed by atoms with van der Waals surface area (Å²) in [4.78, 5) is 50.2. The normalized spacial score (nSPS) is 17.0. The Labute approximate surface area is 218 Å². The highest BCUT2D eigenvalue weighted by molar-refractivity contribution is 6.05. The molecule has 1 fully saturated rings. The summed E-state index contributed by atoms with van der Waals surface area (Å²) in [7, 11) is 1.21. The number of aryl methyl sites for hydroxylation is 1. The molecule has 4 rings (SSSR count). The van der Waals surface area contributed by atoms with Gasteiger partial charge in [0.1, 0.15) is 29.2 Å². The molecule has 2 heterocycles. The zero-order chi connectivity index (χ0) is 27.4. The molecule has 8 nitrogen and oxygen atoms in total. The van der Waals surface area contributed by atoms with E-state index in [4.69, 9.17) is 0 Å². The summed E-state index contributed by atoms with van der Waals surface area (Å²) in [6.07, 6.45) is 1.73. The molecule has 0 saturated carbocycles. The molecular formula is C28H25F2N5O3. The number of nitrogens with zero attached hydrogens (tertiary/aromatic N) is 5. The molecule has 1 saturated heterocycles. The number of carbonyl (C=O) groups excluding carboxylic acids is 3. The van der Waals surface area contributed by atoms with Crippen molar-refractivity contribution in [3.05, 3.63) is 83.3 Å². The molecule has 3 aromatic rings. The van der Waals surface area contributed by atoms with Gasteiger partial charge in [0.15, 0.2) is 11.6 Å². The first-order valence-electron chi connectivity index (χ1n) is 11.8. The Hall–Kier alpha value is -4.65. The van der Waals surface area contributed by atoms with E-state index >= 15 is 8.78 Å². The Balaban J connectivity index is 1.62. The standard InChI is InChI=1S/C28H25F2N5O3/c1-19-31-13-11-24(32-19)34-14-15-35(28(2,12-16-36)26(34)37)27(38)33(3)25-22(29)17-21(18-23(25)30)10-9-20-7-5-4-6-8-20/h4-8,11,13,16-18H,12,14-15H2,1-3H3. The molecule has 1 aliphatic heterocycles. The second-order valence-corrected chi connectivity index (χ2v) is 8.96. The lowest BCUT2D eigenvalue weighted by atomic mass is 9.91. The first kappa shape index (κ1) is 26.4. The van der Waals surface area contributed by atoms with Crippen LogP contribution in [0.3, 0.4) is 0 Å². The average Bonchev–Trinajstić information content (AvgIpc) is 2.89. The van der Waals surface area contributed by atoms with Crippen LogP contribution in [-0.2, 0) is 9.59 Å². The zero-order valence-electron chi connectivity index (χ0n) is 21.1. The molecule has 10 heteroatoms. The van der Waals surface area contributed by atoms with Crippen LogP contribution in [0, 0.1) is 30.4 Å². The maximum atomic E-state index is 15.1. The SMILES string of the molecule is Cc1nccc(N2CCN(C(=O)N(C)c3c(F)cc(C#Cc4ccccc4)cc3F)C(C)(CC=O)C2=O)n1. The molecule has 0 bridgehead atoms. The Bertz CT molecular complexity index is 1430. The number of rotatable bonds is 4. The molecule has 1 aromatic heterocycles. The van der Waals surface area contributed by atoms with Crippen LogP contribution < -0.4 is 9.80 Å². The molecule has 1 unspecified atom stereocenters. The van der Waals surface area contributed by atoms with Crippen molar-refractivity contribution in [2.75, 3.05) is 29.9 Å². The molecule has 38 heavy (non-hydrogen) atoms. The number of piperazine rings is 1. The number of hydrogen-bond acceptors (Lipinski definition) is 5. The fourth-order valence-electron chi connectivity index (χ4n) is 4.33. The third-order valence-electron chi connectivity index (χ3n) is 6.36. The smallest absolute Gasteiger partial charge is 0.308 e. The highest BCUT2D eigenvalue weighted by Gasteiger charge is 2.49. The quantitative estimate of drug-likeness (QED) is 0.389. The summed E-state index contributed by atoms with van der Waals surface area (Å²) in [5, 5.41) is 0. The lowest BCUT2D eigenvalue weighted by molar-refractivity contribution is -0.133. The number of aldehydes is 1. The topological polar surface area (TPSA) is 86.7 Å². The summed E-state index contributed by atoms with van der Waals surface area (Å²) < 4.78 is 30.2. The van der Waals surface area contributed by atoms with Gasteiger partial charge in [-0.1, -0.05) is 30.0 Å². The van der Waals surface area contributed by atoms with Crippen molar-refractivity contribution >= 4 is 29.7 Å². The van der Waals surface area contributed by atoms with E-state index in [2.05, 4.69) is 21.8 Å². The van der Waals surface area contributed by atoms with Crippen LogP contribution in [0.2, 0.25) is 0 Å². The van der Waals surface area contributed by atoms with Crippen LogP contribution in [0.5, 0.6) is 0 Å². The summed E-state index contributed by atoms with van der Waals surface area (Å²) in [5.41, 5.74) is -1.41. The monoisotopic (exact) mass is 517 g/mol. The van der Waals surface area contributed by atoms with Crippen molar-refractivity contribution < 1.29 is 23.2 Å². The Morgan fingerprint density at radius 2 is 1.76 bits per heavy atom. The van der Waals surface area contributed by atoms with Gasteiger partial charge >= 0.3 is 6.03 Å². The van der Waals surface area contributed by atoms with Crippen LogP contribution in [-0.4, -0.2) is 58.8 Å². The molecule has 194 valence electrons. The molecule has 0 N–H and O–H groups in total. The predicted molar refractivity (Wildman–Crippen MR) is 137 cm³/mol. The van der Waals surface area contributed by atoms with Crippen molar-refractivity contribution in [1.29, 1.82) is 0 Å². The van der Waals surface area contributed by atoms with Gasteiger partial charge in [0.2, 0.25) is 0 Å². The van der Waals surface area contributed by atoms with Gasteiger partial charge in [0.25, 0.3) is 5.91 Å². The van der Waals surface area contributed by atoms with E-state index in [9.17, 15) is 14.4 Å². The Morgan fingerprint density at radius 1 is 1.11 bits per heavy atom. The number of carbonyl (C=O) groups is 3. The van der Waals surface area contributed by atoms with Crippen molar-refractivity contribution in [2.24, 2.45) is 0 Å². The van der Waals surface area contributed by atoms with Gasteiger partial charge < -0.3 is 9.69 Å². The van der Waals surface area contributed by atoms with Crippen molar-refractivity contribution in [3.63, 3.8) is 0 Å². The minimum Gasteiger partial charge on any atom is -0.308 e. The number of amides is 3. The largest absolute Gasteiger partial charge is 0.325 e. The predicted octanol–water partition coefficient (Wildman–Crippen LogP) is 3.72. The molecular weight excluding hydrogens is 492 g/mol. The van der Waals surface area contributed by atoms with Gasteiger partial charge in [-0.2, -0.15) is 0 Å². The van der Waals surface area contributed by atoms with Gasteiger partial charge in [0, 0.05) is 43.9 Å². The molecule has 0 spiro atoms. The van der Waals surface area contributed by atoms with Gasteiger partial charge in [0.05, 0.1) is 0 Å². The highest BCUT2D eigenvalue weighted by Crippen LogP contribution is 2.32. The number of anilines is 2.